The van der Waals surface area contributed by atoms with E-state index in [4.69, 9.17) is 11.0 Å². The molecule has 13 heavy (non-hydrogen) atoms. The fraction of sp³-hybridized carbons (Fsp3) is 0.500. The molecule has 0 aliphatic carbocycles. The van der Waals surface area contributed by atoms with Gasteiger partial charge in [0.25, 0.3) is 0 Å². The van der Waals surface area contributed by atoms with Gasteiger partial charge in [0.2, 0.25) is 0 Å². The quantitative estimate of drug-likeness (QED) is 0.863. The van der Waals surface area contributed by atoms with E-state index in [1.807, 2.05) is 13.1 Å². The molecule has 0 aromatic carbocycles. The Morgan fingerprint density at radius 1 is 1.69 bits per heavy atom. The molecule has 1 aromatic rings. The third kappa shape index (κ3) is 3.17. The first-order valence-electron chi connectivity index (χ1n) is 3.93. The molecule has 0 unspecified atom stereocenters. The molecule has 0 atom stereocenters. The molecule has 2 N–H and O–H groups in total. The highest BCUT2D eigenvalue weighted by atomic mass is 79.9. The lowest BCUT2D eigenvalue weighted by molar-refractivity contribution is 0.813. The van der Waals surface area contributed by atoms with E-state index in [9.17, 15) is 0 Å². The van der Waals surface area contributed by atoms with Crippen LogP contribution in [0, 0.1) is 18.4 Å². The van der Waals surface area contributed by atoms with Crippen LogP contribution < -0.4 is 5.73 Å². The third-order valence-electron chi connectivity index (χ3n) is 1.68. The van der Waals surface area contributed by atoms with Crippen molar-refractivity contribution in [3.05, 3.63) is 17.7 Å². The Balaban J connectivity index is 0.00000144. The molecule has 0 radical (unpaired) electrons. The van der Waals surface area contributed by atoms with Crippen LogP contribution in [0.1, 0.15) is 17.9 Å². The minimum Gasteiger partial charge on any atom is -0.330 e. The van der Waals surface area contributed by atoms with E-state index < -0.39 is 0 Å². The summed E-state index contributed by atoms with van der Waals surface area (Å²) < 4.78 is 1.46. The number of hydrogen-bond donors (Lipinski definition) is 1. The first-order chi connectivity index (χ1) is 5.77. The molecule has 4 nitrogen and oxygen atoms in total. The van der Waals surface area contributed by atoms with Gasteiger partial charge in [-0.1, -0.05) is 0 Å². The molecular weight excluding hydrogens is 232 g/mol. The Bertz CT molecular complexity index is 300. The summed E-state index contributed by atoms with van der Waals surface area (Å²) in [7, 11) is 0. The Hall–Kier alpha value is -0.860. The highest BCUT2D eigenvalue weighted by Gasteiger charge is 2.01. The van der Waals surface area contributed by atoms with Crippen LogP contribution in [0.4, 0.5) is 0 Å². The van der Waals surface area contributed by atoms with E-state index >= 15 is 0 Å². The molecule has 0 amide bonds. The van der Waals surface area contributed by atoms with E-state index in [1.165, 1.54) is 4.57 Å². The van der Waals surface area contributed by atoms with Crippen molar-refractivity contribution in [1.82, 2.24) is 9.55 Å². The second-order valence-electron chi connectivity index (χ2n) is 2.64. The second-order valence-corrected chi connectivity index (χ2v) is 2.64. The van der Waals surface area contributed by atoms with Crippen LogP contribution in [0.25, 0.3) is 0 Å². The van der Waals surface area contributed by atoms with Crippen LogP contribution in [0.2, 0.25) is 0 Å². The van der Waals surface area contributed by atoms with Gasteiger partial charge in [0.1, 0.15) is 5.82 Å². The van der Waals surface area contributed by atoms with Crippen LogP contribution in [-0.4, -0.2) is 16.1 Å². The number of aryl methyl sites for hydroxylation is 2. The number of rotatable bonds is 3. The number of halogens is 1. The van der Waals surface area contributed by atoms with Crippen LogP contribution in [0.5, 0.6) is 0 Å². The number of nitrogens with two attached hydrogens (primary N) is 1. The maximum atomic E-state index is 8.61. The van der Waals surface area contributed by atoms with Gasteiger partial charge in [0.15, 0.2) is 6.19 Å². The minimum absolute atomic E-state index is 0. The van der Waals surface area contributed by atoms with Crippen molar-refractivity contribution in [3.8, 4) is 6.19 Å². The Labute approximate surface area is 88.1 Å². The Morgan fingerprint density at radius 3 is 2.85 bits per heavy atom. The maximum Gasteiger partial charge on any atom is 0.189 e. The lowest BCUT2D eigenvalue weighted by Gasteiger charge is -1.90. The topological polar surface area (TPSA) is 67.6 Å². The van der Waals surface area contributed by atoms with Crippen molar-refractivity contribution >= 4 is 17.0 Å². The number of imidazole rings is 1. The van der Waals surface area contributed by atoms with E-state index in [1.54, 1.807) is 6.20 Å². The van der Waals surface area contributed by atoms with Crippen molar-refractivity contribution in [2.24, 2.45) is 5.73 Å². The fourth-order valence-corrected chi connectivity index (χ4v) is 1.04. The molecule has 0 fully saturated rings. The third-order valence-corrected chi connectivity index (χ3v) is 1.68. The van der Waals surface area contributed by atoms with Gasteiger partial charge in [-0.25, -0.2) is 9.55 Å². The normalized spacial score (nSPS) is 9.00. The SMILES string of the molecule is Br.Cc1nc(CCCN)cn1C#N. The summed E-state index contributed by atoms with van der Waals surface area (Å²) in [5, 5.41) is 8.61. The van der Waals surface area contributed by atoms with Crippen molar-refractivity contribution < 1.29 is 0 Å². The van der Waals surface area contributed by atoms with Gasteiger partial charge in [-0.3, -0.25) is 0 Å². The van der Waals surface area contributed by atoms with Crippen molar-refractivity contribution in [3.63, 3.8) is 0 Å². The molecule has 0 aliphatic heterocycles. The Morgan fingerprint density at radius 2 is 2.38 bits per heavy atom. The smallest absolute Gasteiger partial charge is 0.189 e. The fourth-order valence-electron chi connectivity index (χ4n) is 1.04. The zero-order chi connectivity index (χ0) is 8.97. The number of hydrogen-bond acceptors (Lipinski definition) is 3. The van der Waals surface area contributed by atoms with Crippen LogP contribution in [0.3, 0.4) is 0 Å². The molecule has 5 heteroatoms. The number of nitrogens with zero attached hydrogens (tertiary/aromatic N) is 3. The maximum absolute atomic E-state index is 8.61. The van der Waals surface area contributed by atoms with Crippen LogP contribution >= 0.6 is 17.0 Å². The summed E-state index contributed by atoms with van der Waals surface area (Å²) in [5.41, 5.74) is 6.30. The monoisotopic (exact) mass is 244 g/mol. The summed E-state index contributed by atoms with van der Waals surface area (Å²) in [5.74, 6) is 0.740. The summed E-state index contributed by atoms with van der Waals surface area (Å²) in [6.45, 7) is 2.48. The summed E-state index contributed by atoms with van der Waals surface area (Å²) in [4.78, 5) is 4.20. The molecule has 0 aliphatic rings. The molecular formula is C8H13BrN4. The average molecular weight is 245 g/mol. The first kappa shape index (κ1) is 12.1. The highest BCUT2D eigenvalue weighted by Crippen LogP contribution is 2.02. The highest BCUT2D eigenvalue weighted by molar-refractivity contribution is 8.93. The molecule has 0 saturated carbocycles. The number of aromatic nitrogens is 2. The van der Waals surface area contributed by atoms with E-state index in [2.05, 4.69) is 4.98 Å². The van der Waals surface area contributed by atoms with Gasteiger partial charge in [-0.15, -0.1) is 17.0 Å². The summed E-state index contributed by atoms with van der Waals surface area (Å²) in [6, 6.07) is 0. The van der Waals surface area contributed by atoms with Gasteiger partial charge in [0.05, 0.1) is 5.69 Å². The molecule has 1 aromatic heterocycles. The standard InChI is InChI=1S/C8H12N4.BrH/c1-7-11-8(3-2-4-9)5-12(7)6-10;/h5H,2-4,9H2,1H3;1H. The Kier molecular flexibility index (Phi) is 5.35. The van der Waals surface area contributed by atoms with Gasteiger partial charge in [-0.05, 0) is 26.3 Å². The zero-order valence-corrected chi connectivity index (χ0v) is 9.24. The molecule has 1 rings (SSSR count). The van der Waals surface area contributed by atoms with Crippen LogP contribution in [0.15, 0.2) is 6.20 Å². The predicted molar refractivity (Wildman–Crippen MR) is 55.7 cm³/mol. The average Bonchev–Trinajstić information content (AvgIpc) is 2.43. The van der Waals surface area contributed by atoms with E-state index in [0.29, 0.717) is 6.54 Å². The minimum atomic E-state index is 0. The van der Waals surface area contributed by atoms with Gasteiger partial charge >= 0.3 is 0 Å². The second kappa shape index (κ2) is 5.73. The molecule has 0 saturated heterocycles. The molecule has 72 valence electrons. The van der Waals surface area contributed by atoms with Crippen molar-refractivity contribution in [2.45, 2.75) is 19.8 Å². The summed E-state index contributed by atoms with van der Waals surface area (Å²) in [6.07, 6.45) is 5.54. The van der Waals surface area contributed by atoms with Crippen molar-refractivity contribution in [1.29, 1.82) is 5.26 Å². The van der Waals surface area contributed by atoms with Gasteiger partial charge in [0, 0.05) is 6.20 Å². The zero-order valence-electron chi connectivity index (χ0n) is 7.53. The molecule has 1 heterocycles. The number of nitriles is 1. The molecule has 0 bridgehead atoms. The van der Waals surface area contributed by atoms with Crippen molar-refractivity contribution in [2.75, 3.05) is 6.54 Å². The first-order valence-corrected chi connectivity index (χ1v) is 3.93. The lowest BCUT2D eigenvalue weighted by Crippen LogP contribution is -2.00. The van der Waals surface area contributed by atoms with Gasteiger partial charge < -0.3 is 5.73 Å². The van der Waals surface area contributed by atoms with E-state index in [0.717, 1.165) is 24.4 Å². The van der Waals surface area contributed by atoms with Crippen LogP contribution in [-0.2, 0) is 6.42 Å². The summed E-state index contributed by atoms with van der Waals surface area (Å²) >= 11 is 0. The van der Waals surface area contributed by atoms with Gasteiger partial charge in [-0.2, -0.15) is 5.26 Å². The molecule has 0 spiro atoms. The lowest BCUT2D eigenvalue weighted by atomic mass is 10.2. The largest absolute Gasteiger partial charge is 0.330 e. The predicted octanol–water partition coefficient (Wildman–Crippen LogP) is 0.990. The van der Waals surface area contributed by atoms with E-state index in [-0.39, 0.29) is 17.0 Å².